The summed E-state index contributed by atoms with van der Waals surface area (Å²) in [5.74, 6) is -0.0343. The normalized spacial score (nSPS) is 26.1. The minimum Gasteiger partial charge on any atom is -0.340 e. The SMILES string of the molecule is CCC1C(=O)NC(C)(CC)C(=O)N1CCc1cnn(C)c1. The van der Waals surface area contributed by atoms with Crippen LogP contribution >= 0.6 is 0 Å². The van der Waals surface area contributed by atoms with Crippen molar-refractivity contribution in [1.29, 1.82) is 0 Å². The minimum absolute atomic E-state index is 0.0142. The molecule has 6 heteroatoms. The van der Waals surface area contributed by atoms with Crippen LogP contribution in [-0.4, -0.2) is 44.6 Å². The van der Waals surface area contributed by atoms with Crippen molar-refractivity contribution in [2.75, 3.05) is 6.54 Å². The first kappa shape index (κ1) is 15.5. The van der Waals surface area contributed by atoms with E-state index in [-0.39, 0.29) is 17.9 Å². The molecule has 0 bridgehead atoms. The van der Waals surface area contributed by atoms with E-state index in [9.17, 15) is 9.59 Å². The maximum Gasteiger partial charge on any atom is 0.248 e. The molecule has 1 fully saturated rings. The Morgan fingerprint density at radius 3 is 2.62 bits per heavy atom. The molecule has 2 atom stereocenters. The number of carbonyl (C=O) groups is 2. The van der Waals surface area contributed by atoms with Gasteiger partial charge < -0.3 is 10.2 Å². The van der Waals surface area contributed by atoms with Crippen molar-refractivity contribution >= 4 is 11.8 Å². The maximum absolute atomic E-state index is 12.7. The number of amides is 2. The quantitative estimate of drug-likeness (QED) is 0.875. The fourth-order valence-corrected chi connectivity index (χ4v) is 2.76. The summed E-state index contributed by atoms with van der Waals surface area (Å²) in [6.45, 7) is 6.20. The third kappa shape index (κ3) is 2.94. The minimum atomic E-state index is -0.780. The van der Waals surface area contributed by atoms with Crippen LogP contribution in [0.25, 0.3) is 0 Å². The zero-order chi connectivity index (χ0) is 15.6. The van der Waals surface area contributed by atoms with Gasteiger partial charge in [-0.15, -0.1) is 0 Å². The fraction of sp³-hybridized carbons (Fsp3) is 0.667. The summed E-state index contributed by atoms with van der Waals surface area (Å²) in [7, 11) is 1.87. The summed E-state index contributed by atoms with van der Waals surface area (Å²) in [4.78, 5) is 26.7. The molecule has 2 heterocycles. The number of piperazine rings is 1. The Balaban J connectivity index is 2.15. The summed E-state index contributed by atoms with van der Waals surface area (Å²) in [5, 5.41) is 7.01. The highest BCUT2D eigenvalue weighted by atomic mass is 16.2. The van der Waals surface area contributed by atoms with Gasteiger partial charge in [0, 0.05) is 19.8 Å². The van der Waals surface area contributed by atoms with Crippen LogP contribution < -0.4 is 5.32 Å². The van der Waals surface area contributed by atoms with Crippen molar-refractivity contribution < 1.29 is 9.59 Å². The van der Waals surface area contributed by atoms with Gasteiger partial charge in [0.05, 0.1) is 6.20 Å². The standard InChI is InChI=1S/C15H24N4O2/c1-5-12-13(20)17-15(3,6-2)14(21)19(12)8-7-11-9-16-18(4)10-11/h9-10,12H,5-8H2,1-4H3,(H,17,20). The van der Waals surface area contributed by atoms with Gasteiger partial charge in [0.15, 0.2) is 0 Å². The first-order valence-corrected chi connectivity index (χ1v) is 7.52. The number of aromatic nitrogens is 2. The third-order valence-electron chi connectivity index (χ3n) is 4.30. The summed E-state index contributed by atoms with van der Waals surface area (Å²) < 4.78 is 1.74. The summed E-state index contributed by atoms with van der Waals surface area (Å²) in [6.07, 6.45) is 5.67. The molecule has 0 saturated carbocycles. The van der Waals surface area contributed by atoms with Crippen molar-refractivity contribution in [2.24, 2.45) is 7.05 Å². The Labute approximate surface area is 125 Å². The maximum atomic E-state index is 12.7. The van der Waals surface area contributed by atoms with Crippen LogP contribution in [0.15, 0.2) is 12.4 Å². The van der Waals surface area contributed by atoms with Gasteiger partial charge in [-0.2, -0.15) is 5.10 Å². The number of carbonyl (C=O) groups excluding carboxylic acids is 2. The van der Waals surface area contributed by atoms with Gasteiger partial charge in [0.2, 0.25) is 11.8 Å². The third-order valence-corrected chi connectivity index (χ3v) is 4.30. The van der Waals surface area contributed by atoms with Gasteiger partial charge >= 0.3 is 0 Å². The van der Waals surface area contributed by atoms with Crippen LogP contribution in [0, 0.1) is 0 Å². The lowest BCUT2D eigenvalue weighted by Crippen LogP contribution is -2.69. The van der Waals surface area contributed by atoms with Gasteiger partial charge in [0.1, 0.15) is 11.6 Å². The molecule has 1 N–H and O–H groups in total. The molecule has 2 rings (SSSR count). The van der Waals surface area contributed by atoms with Crippen molar-refractivity contribution in [2.45, 2.75) is 51.6 Å². The summed E-state index contributed by atoms with van der Waals surface area (Å²) in [5.41, 5.74) is 0.293. The zero-order valence-electron chi connectivity index (χ0n) is 13.2. The second-order valence-corrected chi connectivity index (χ2v) is 5.87. The fourth-order valence-electron chi connectivity index (χ4n) is 2.76. The number of hydrogen-bond acceptors (Lipinski definition) is 3. The number of rotatable bonds is 5. The van der Waals surface area contributed by atoms with Crippen LogP contribution in [-0.2, 0) is 23.1 Å². The van der Waals surface area contributed by atoms with Crippen molar-refractivity contribution in [1.82, 2.24) is 20.0 Å². The topological polar surface area (TPSA) is 67.2 Å². The summed E-state index contributed by atoms with van der Waals surface area (Å²) in [6, 6.07) is -0.367. The number of nitrogens with zero attached hydrogens (tertiary/aromatic N) is 3. The lowest BCUT2D eigenvalue weighted by Gasteiger charge is -2.44. The molecule has 0 aliphatic carbocycles. The van der Waals surface area contributed by atoms with Crippen LogP contribution in [0.2, 0.25) is 0 Å². The van der Waals surface area contributed by atoms with Crippen molar-refractivity contribution in [3.8, 4) is 0 Å². The molecule has 2 amide bonds. The molecule has 21 heavy (non-hydrogen) atoms. The van der Waals surface area contributed by atoms with Crippen LogP contribution in [0.5, 0.6) is 0 Å². The average Bonchev–Trinajstić information content (AvgIpc) is 2.86. The highest BCUT2D eigenvalue weighted by molar-refractivity contribution is 5.99. The monoisotopic (exact) mass is 292 g/mol. The second kappa shape index (κ2) is 5.87. The van der Waals surface area contributed by atoms with E-state index >= 15 is 0 Å². The molecule has 116 valence electrons. The highest BCUT2D eigenvalue weighted by Gasteiger charge is 2.45. The van der Waals surface area contributed by atoms with E-state index in [2.05, 4.69) is 10.4 Å². The van der Waals surface area contributed by atoms with E-state index < -0.39 is 5.54 Å². The Kier molecular flexibility index (Phi) is 4.34. The van der Waals surface area contributed by atoms with Gasteiger partial charge in [-0.1, -0.05) is 13.8 Å². The van der Waals surface area contributed by atoms with E-state index in [1.807, 2.05) is 27.1 Å². The molecule has 1 aromatic heterocycles. The Morgan fingerprint density at radius 2 is 2.10 bits per heavy atom. The molecule has 0 aromatic carbocycles. The predicted molar refractivity (Wildman–Crippen MR) is 79.5 cm³/mol. The van der Waals surface area contributed by atoms with E-state index in [0.29, 0.717) is 25.8 Å². The molecule has 0 spiro atoms. The largest absolute Gasteiger partial charge is 0.340 e. The van der Waals surface area contributed by atoms with Gasteiger partial charge in [0.25, 0.3) is 0 Å². The van der Waals surface area contributed by atoms with E-state index in [4.69, 9.17) is 0 Å². The Morgan fingerprint density at radius 1 is 1.38 bits per heavy atom. The van der Waals surface area contributed by atoms with Crippen molar-refractivity contribution in [3.05, 3.63) is 18.0 Å². The van der Waals surface area contributed by atoms with Crippen LogP contribution in [0.1, 0.15) is 39.2 Å². The molecule has 6 nitrogen and oxygen atoms in total. The molecular weight excluding hydrogens is 268 g/mol. The average molecular weight is 292 g/mol. The molecule has 0 radical (unpaired) electrons. The molecule has 1 aliphatic rings. The Bertz CT molecular complexity index is 540. The number of hydrogen-bond donors (Lipinski definition) is 1. The van der Waals surface area contributed by atoms with E-state index in [0.717, 1.165) is 5.56 Å². The van der Waals surface area contributed by atoms with Crippen LogP contribution in [0.4, 0.5) is 0 Å². The molecular formula is C15H24N4O2. The molecule has 1 aliphatic heterocycles. The molecule has 1 aromatic rings. The van der Waals surface area contributed by atoms with Crippen molar-refractivity contribution in [3.63, 3.8) is 0 Å². The first-order valence-electron chi connectivity index (χ1n) is 7.52. The lowest BCUT2D eigenvalue weighted by atomic mass is 9.91. The zero-order valence-corrected chi connectivity index (χ0v) is 13.2. The predicted octanol–water partition coefficient (Wildman–Crippen LogP) is 0.868. The lowest BCUT2D eigenvalue weighted by molar-refractivity contribution is -0.154. The second-order valence-electron chi connectivity index (χ2n) is 5.87. The first-order chi connectivity index (χ1) is 9.91. The number of nitrogens with one attached hydrogen (secondary N) is 1. The summed E-state index contributed by atoms with van der Waals surface area (Å²) >= 11 is 0. The highest BCUT2D eigenvalue weighted by Crippen LogP contribution is 2.23. The molecule has 2 unspecified atom stereocenters. The van der Waals surface area contributed by atoms with Gasteiger partial charge in [-0.3, -0.25) is 14.3 Å². The van der Waals surface area contributed by atoms with Crippen LogP contribution in [0.3, 0.4) is 0 Å². The Hall–Kier alpha value is -1.85. The molecule has 1 saturated heterocycles. The smallest absolute Gasteiger partial charge is 0.248 e. The van der Waals surface area contributed by atoms with Gasteiger partial charge in [-0.25, -0.2) is 0 Å². The van der Waals surface area contributed by atoms with Gasteiger partial charge in [-0.05, 0) is 31.7 Å². The number of aryl methyl sites for hydroxylation is 1. The van der Waals surface area contributed by atoms with E-state index in [1.54, 1.807) is 22.7 Å². The van der Waals surface area contributed by atoms with E-state index in [1.165, 1.54) is 0 Å².